The number of hydrogen-bond donors (Lipinski definition) is 1. The minimum Gasteiger partial charge on any atom is -0.465 e. The van der Waals surface area contributed by atoms with Gasteiger partial charge in [0.1, 0.15) is 11.9 Å². The van der Waals surface area contributed by atoms with Gasteiger partial charge in [0.15, 0.2) is 5.92 Å². The molecule has 1 fully saturated rings. The first-order valence-electron chi connectivity index (χ1n) is 8.23. The van der Waals surface area contributed by atoms with Crippen molar-refractivity contribution in [3.8, 4) is 0 Å². The summed E-state index contributed by atoms with van der Waals surface area (Å²) in [6, 6.07) is 4.88. The summed E-state index contributed by atoms with van der Waals surface area (Å²) in [4.78, 5) is 31.3. The van der Waals surface area contributed by atoms with Gasteiger partial charge < -0.3 is 14.4 Å². The zero-order valence-electron chi connectivity index (χ0n) is 13.9. The highest BCUT2D eigenvalue weighted by molar-refractivity contribution is 6.08. The molecule has 0 aliphatic carbocycles. The summed E-state index contributed by atoms with van der Waals surface area (Å²) in [6.45, 7) is 4.11. The Labute approximate surface area is 144 Å². The van der Waals surface area contributed by atoms with Gasteiger partial charge in [-0.05, 0) is 24.6 Å². The topological polar surface area (TPSA) is 80.2 Å². The number of carbonyl (C=O) groups excluding carboxylic acids is 2. The van der Waals surface area contributed by atoms with Gasteiger partial charge in [-0.15, -0.1) is 0 Å². The predicted octanol–water partition coefficient (Wildman–Crippen LogP) is 0.864. The minimum atomic E-state index is -1.10. The van der Waals surface area contributed by atoms with E-state index in [1.54, 1.807) is 6.92 Å². The van der Waals surface area contributed by atoms with Gasteiger partial charge in [0, 0.05) is 13.1 Å². The van der Waals surface area contributed by atoms with E-state index in [1.165, 1.54) is 24.3 Å². The van der Waals surface area contributed by atoms with E-state index in [9.17, 15) is 14.0 Å². The molecule has 2 aliphatic heterocycles. The molecule has 2 aliphatic rings. The molecule has 134 valence electrons. The van der Waals surface area contributed by atoms with E-state index in [2.05, 4.69) is 10.3 Å². The second-order valence-electron chi connectivity index (χ2n) is 5.77. The summed E-state index contributed by atoms with van der Waals surface area (Å²) in [5.41, 5.74) is 0.583. The molecule has 7 nitrogen and oxygen atoms in total. The van der Waals surface area contributed by atoms with Crippen LogP contribution in [0.1, 0.15) is 18.5 Å². The summed E-state index contributed by atoms with van der Waals surface area (Å²) < 4.78 is 23.6. The third kappa shape index (κ3) is 3.79. The van der Waals surface area contributed by atoms with Crippen molar-refractivity contribution >= 4 is 17.8 Å². The number of esters is 1. The number of hydrogen-bond acceptors (Lipinski definition) is 6. The number of benzene rings is 1. The van der Waals surface area contributed by atoms with Crippen LogP contribution in [0.3, 0.4) is 0 Å². The molecular formula is C17H20FN3O4. The van der Waals surface area contributed by atoms with Crippen molar-refractivity contribution in [3.63, 3.8) is 0 Å². The fourth-order valence-corrected chi connectivity index (χ4v) is 2.90. The molecule has 0 bridgehead atoms. The molecule has 1 N–H and O–H groups in total. The molecule has 3 rings (SSSR count). The first-order valence-corrected chi connectivity index (χ1v) is 8.23. The molecule has 8 heteroatoms. The van der Waals surface area contributed by atoms with Crippen molar-refractivity contribution in [2.45, 2.75) is 13.0 Å². The predicted molar refractivity (Wildman–Crippen MR) is 87.2 cm³/mol. The Kier molecular flexibility index (Phi) is 5.28. The van der Waals surface area contributed by atoms with Crippen molar-refractivity contribution in [3.05, 3.63) is 35.6 Å². The van der Waals surface area contributed by atoms with Crippen molar-refractivity contribution in [2.75, 3.05) is 32.9 Å². The van der Waals surface area contributed by atoms with Gasteiger partial charge in [-0.3, -0.25) is 14.9 Å². The van der Waals surface area contributed by atoms with Crippen LogP contribution < -0.4 is 5.32 Å². The zero-order chi connectivity index (χ0) is 17.8. The number of guanidine groups is 1. The summed E-state index contributed by atoms with van der Waals surface area (Å²) in [5, 5.41) is 2.69. The maximum Gasteiger partial charge on any atom is 0.321 e. The SMILES string of the molecule is CCOC(=O)[C@@H]1C(=O)NC(N2CCOCC2)=N[C@@H]1c1ccc(F)cc1. The van der Waals surface area contributed by atoms with Crippen molar-refractivity contribution in [2.24, 2.45) is 10.9 Å². The molecule has 1 aromatic rings. The molecule has 0 spiro atoms. The van der Waals surface area contributed by atoms with Gasteiger partial charge in [-0.2, -0.15) is 0 Å². The molecule has 1 aromatic carbocycles. The number of aliphatic imine (C=N–C) groups is 1. The highest BCUT2D eigenvalue weighted by atomic mass is 19.1. The molecule has 1 saturated heterocycles. The summed E-state index contributed by atoms with van der Waals surface area (Å²) in [5.74, 6) is -2.20. The van der Waals surface area contributed by atoms with E-state index >= 15 is 0 Å². The van der Waals surface area contributed by atoms with Gasteiger partial charge >= 0.3 is 5.97 Å². The summed E-state index contributed by atoms with van der Waals surface area (Å²) in [7, 11) is 0. The molecule has 0 unspecified atom stereocenters. The number of rotatable bonds is 3. The standard InChI is InChI=1S/C17H20FN3O4/c1-2-25-16(23)13-14(11-3-5-12(18)6-4-11)19-17(20-15(13)22)21-7-9-24-10-8-21/h3-6,13-14H,2,7-10H2,1H3,(H,19,20,22)/t13-,14+/m0/s1. The fourth-order valence-electron chi connectivity index (χ4n) is 2.90. The van der Waals surface area contributed by atoms with E-state index in [4.69, 9.17) is 9.47 Å². The smallest absolute Gasteiger partial charge is 0.321 e. The Morgan fingerprint density at radius 1 is 1.36 bits per heavy atom. The van der Waals surface area contributed by atoms with Gasteiger partial charge in [0.25, 0.3) is 0 Å². The van der Waals surface area contributed by atoms with Crippen LogP contribution >= 0.6 is 0 Å². The molecule has 1 amide bonds. The Balaban J connectivity index is 1.95. The lowest BCUT2D eigenvalue weighted by Gasteiger charge is -2.35. The van der Waals surface area contributed by atoms with E-state index in [-0.39, 0.29) is 6.61 Å². The molecule has 2 heterocycles. The number of amides is 1. The van der Waals surface area contributed by atoms with Crippen LogP contribution in [0.5, 0.6) is 0 Å². The molecule has 25 heavy (non-hydrogen) atoms. The van der Waals surface area contributed by atoms with Crippen molar-refractivity contribution in [1.82, 2.24) is 10.2 Å². The Morgan fingerprint density at radius 3 is 2.68 bits per heavy atom. The van der Waals surface area contributed by atoms with Crippen molar-refractivity contribution in [1.29, 1.82) is 0 Å². The van der Waals surface area contributed by atoms with E-state index in [1.807, 2.05) is 4.90 Å². The number of nitrogens with one attached hydrogen (secondary N) is 1. The summed E-state index contributed by atoms with van der Waals surface area (Å²) in [6.07, 6.45) is 0. The third-order valence-corrected chi connectivity index (χ3v) is 4.16. The first kappa shape index (κ1) is 17.3. The number of nitrogens with zero attached hydrogens (tertiary/aromatic N) is 2. The summed E-state index contributed by atoms with van der Waals surface area (Å²) >= 11 is 0. The second-order valence-corrected chi connectivity index (χ2v) is 5.77. The molecule has 0 radical (unpaired) electrons. The third-order valence-electron chi connectivity index (χ3n) is 4.16. The molecular weight excluding hydrogens is 329 g/mol. The lowest BCUT2D eigenvalue weighted by molar-refractivity contribution is -0.153. The average Bonchev–Trinajstić information content (AvgIpc) is 2.62. The molecule has 0 saturated carbocycles. The Morgan fingerprint density at radius 2 is 2.04 bits per heavy atom. The highest BCUT2D eigenvalue weighted by Crippen LogP contribution is 2.31. The maximum absolute atomic E-state index is 13.2. The van der Waals surface area contributed by atoms with Crippen molar-refractivity contribution < 1.29 is 23.5 Å². The zero-order valence-corrected chi connectivity index (χ0v) is 13.9. The lowest BCUT2D eigenvalue weighted by Crippen LogP contribution is -2.55. The minimum absolute atomic E-state index is 0.165. The van der Waals surface area contributed by atoms with Gasteiger partial charge in [-0.25, -0.2) is 9.38 Å². The second kappa shape index (κ2) is 7.60. The number of morpholine rings is 1. The molecule has 2 atom stereocenters. The van der Waals surface area contributed by atoms with Crippen LogP contribution in [-0.2, 0) is 19.1 Å². The fraction of sp³-hybridized carbons (Fsp3) is 0.471. The van der Waals surface area contributed by atoms with Crippen LogP contribution in [0.25, 0.3) is 0 Å². The van der Waals surface area contributed by atoms with Crippen LogP contribution in [-0.4, -0.2) is 55.6 Å². The number of halogens is 1. The number of carbonyl (C=O) groups is 2. The molecule has 0 aromatic heterocycles. The number of ether oxygens (including phenoxy) is 2. The van der Waals surface area contributed by atoms with Crippen LogP contribution in [0, 0.1) is 11.7 Å². The van der Waals surface area contributed by atoms with Crippen LogP contribution in [0.2, 0.25) is 0 Å². The lowest BCUT2D eigenvalue weighted by atomic mass is 9.91. The van der Waals surface area contributed by atoms with Gasteiger partial charge in [-0.1, -0.05) is 12.1 Å². The van der Waals surface area contributed by atoms with E-state index in [0.717, 1.165) is 0 Å². The van der Waals surface area contributed by atoms with E-state index in [0.29, 0.717) is 37.8 Å². The Hall–Kier alpha value is -2.48. The monoisotopic (exact) mass is 349 g/mol. The van der Waals surface area contributed by atoms with Gasteiger partial charge in [0.2, 0.25) is 11.9 Å². The maximum atomic E-state index is 13.2. The quantitative estimate of drug-likeness (QED) is 0.647. The van der Waals surface area contributed by atoms with Crippen LogP contribution in [0.15, 0.2) is 29.3 Å². The first-order chi connectivity index (χ1) is 12.1. The Bertz CT molecular complexity index is 671. The largest absolute Gasteiger partial charge is 0.465 e. The normalized spacial score (nSPS) is 23.7. The van der Waals surface area contributed by atoms with E-state index < -0.39 is 29.7 Å². The van der Waals surface area contributed by atoms with Crippen LogP contribution in [0.4, 0.5) is 4.39 Å². The highest BCUT2D eigenvalue weighted by Gasteiger charge is 2.42. The average molecular weight is 349 g/mol. The van der Waals surface area contributed by atoms with Gasteiger partial charge in [0.05, 0.1) is 19.8 Å².